The molecule has 92 valence electrons. The molecule has 1 aromatic carbocycles. The van der Waals surface area contributed by atoms with Crippen molar-refractivity contribution in [3.8, 4) is 0 Å². The minimum absolute atomic E-state index is 0.0341. The fraction of sp³-hybridized carbons (Fsp3) is 0.462. The second-order valence-corrected chi connectivity index (χ2v) is 4.77. The summed E-state index contributed by atoms with van der Waals surface area (Å²) in [5.74, 6) is 0.0341. The largest absolute Gasteiger partial charge is 0.335 e. The summed E-state index contributed by atoms with van der Waals surface area (Å²) in [6, 6.07) is 7.49. The molecule has 1 heterocycles. The number of carbonyl (C=O) groups excluding carboxylic acids is 1. The maximum absolute atomic E-state index is 12.4. The zero-order valence-corrected chi connectivity index (χ0v) is 10.7. The van der Waals surface area contributed by atoms with Gasteiger partial charge in [-0.05, 0) is 32.0 Å². The molecule has 1 aliphatic rings. The molecule has 17 heavy (non-hydrogen) atoms. The second kappa shape index (κ2) is 5.52. The van der Waals surface area contributed by atoms with Crippen LogP contribution in [0.4, 0.5) is 0 Å². The van der Waals surface area contributed by atoms with Crippen LogP contribution < -0.4 is 5.32 Å². The molecule has 1 N–H and O–H groups in total. The fourth-order valence-corrected chi connectivity index (χ4v) is 2.32. The van der Waals surface area contributed by atoms with Crippen LogP contribution >= 0.6 is 11.6 Å². The topological polar surface area (TPSA) is 32.3 Å². The molecule has 0 spiro atoms. The smallest absolute Gasteiger partial charge is 0.255 e. The minimum Gasteiger partial charge on any atom is -0.335 e. The summed E-state index contributed by atoms with van der Waals surface area (Å²) in [4.78, 5) is 14.3. The zero-order valence-electron chi connectivity index (χ0n) is 9.95. The SMILES string of the molecule is CC1CCNCCN1C(=O)c1ccccc1Cl. The van der Waals surface area contributed by atoms with Crippen molar-refractivity contribution in [2.75, 3.05) is 19.6 Å². The third kappa shape index (κ3) is 2.79. The van der Waals surface area contributed by atoms with Gasteiger partial charge in [0.05, 0.1) is 10.6 Å². The molecule has 1 unspecified atom stereocenters. The van der Waals surface area contributed by atoms with Crippen LogP contribution in [0.2, 0.25) is 5.02 Å². The third-order valence-corrected chi connectivity index (χ3v) is 3.50. The molecule has 1 fully saturated rings. The highest BCUT2D eigenvalue weighted by Gasteiger charge is 2.24. The van der Waals surface area contributed by atoms with Gasteiger partial charge in [0.1, 0.15) is 0 Å². The Morgan fingerprint density at radius 3 is 2.94 bits per heavy atom. The molecule has 1 aromatic rings. The van der Waals surface area contributed by atoms with Crippen molar-refractivity contribution in [1.82, 2.24) is 10.2 Å². The van der Waals surface area contributed by atoms with Gasteiger partial charge in [-0.25, -0.2) is 0 Å². The van der Waals surface area contributed by atoms with Gasteiger partial charge < -0.3 is 10.2 Å². The Bertz CT molecular complexity index is 408. The number of benzene rings is 1. The lowest BCUT2D eigenvalue weighted by Crippen LogP contribution is -2.39. The van der Waals surface area contributed by atoms with Gasteiger partial charge >= 0.3 is 0 Å². The third-order valence-electron chi connectivity index (χ3n) is 3.17. The van der Waals surface area contributed by atoms with Gasteiger partial charge in [-0.15, -0.1) is 0 Å². The van der Waals surface area contributed by atoms with Gasteiger partial charge in [0, 0.05) is 19.1 Å². The van der Waals surface area contributed by atoms with E-state index in [0.717, 1.165) is 26.1 Å². The molecule has 1 amide bonds. The van der Waals surface area contributed by atoms with Crippen LogP contribution in [0.3, 0.4) is 0 Å². The van der Waals surface area contributed by atoms with E-state index in [2.05, 4.69) is 12.2 Å². The van der Waals surface area contributed by atoms with E-state index in [1.165, 1.54) is 0 Å². The number of rotatable bonds is 1. The second-order valence-electron chi connectivity index (χ2n) is 4.37. The molecule has 2 rings (SSSR count). The number of nitrogens with zero attached hydrogens (tertiary/aromatic N) is 1. The van der Waals surface area contributed by atoms with E-state index in [4.69, 9.17) is 11.6 Å². The summed E-state index contributed by atoms with van der Waals surface area (Å²) in [6.07, 6.45) is 0.982. The Morgan fingerprint density at radius 2 is 2.18 bits per heavy atom. The van der Waals surface area contributed by atoms with E-state index >= 15 is 0 Å². The monoisotopic (exact) mass is 252 g/mol. The van der Waals surface area contributed by atoms with Crippen LogP contribution in [0.15, 0.2) is 24.3 Å². The summed E-state index contributed by atoms with van der Waals surface area (Å²) in [7, 11) is 0. The average molecular weight is 253 g/mol. The van der Waals surface area contributed by atoms with E-state index in [9.17, 15) is 4.79 Å². The molecule has 1 saturated heterocycles. The zero-order chi connectivity index (χ0) is 12.3. The van der Waals surface area contributed by atoms with Crippen LogP contribution in [0.5, 0.6) is 0 Å². The molecule has 3 nitrogen and oxygen atoms in total. The molecule has 1 atom stereocenters. The van der Waals surface area contributed by atoms with Crippen molar-refractivity contribution in [1.29, 1.82) is 0 Å². The van der Waals surface area contributed by atoms with E-state index in [-0.39, 0.29) is 11.9 Å². The normalized spacial score (nSPS) is 21.1. The van der Waals surface area contributed by atoms with Crippen LogP contribution in [-0.2, 0) is 0 Å². The molecule has 0 saturated carbocycles. The van der Waals surface area contributed by atoms with Crippen molar-refractivity contribution in [3.63, 3.8) is 0 Å². The van der Waals surface area contributed by atoms with Crippen LogP contribution in [0.25, 0.3) is 0 Å². The highest BCUT2D eigenvalue weighted by Crippen LogP contribution is 2.19. The van der Waals surface area contributed by atoms with Gasteiger partial charge in [0.25, 0.3) is 5.91 Å². The number of hydrogen-bond acceptors (Lipinski definition) is 2. The summed E-state index contributed by atoms with van der Waals surface area (Å²) in [5.41, 5.74) is 0.600. The Kier molecular flexibility index (Phi) is 4.02. The van der Waals surface area contributed by atoms with Crippen molar-refractivity contribution >= 4 is 17.5 Å². The summed E-state index contributed by atoms with van der Waals surface area (Å²) in [5, 5.41) is 3.83. The molecule has 4 heteroatoms. The highest BCUT2D eigenvalue weighted by atomic mass is 35.5. The maximum Gasteiger partial charge on any atom is 0.255 e. The summed E-state index contributed by atoms with van der Waals surface area (Å²) < 4.78 is 0. The molecular formula is C13H17ClN2O. The van der Waals surface area contributed by atoms with Crippen molar-refractivity contribution in [2.24, 2.45) is 0 Å². The lowest BCUT2D eigenvalue weighted by atomic mass is 10.1. The molecule has 1 aliphatic heterocycles. The first-order valence-electron chi connectivity index (χ1n) is 5.96. The van der Waals surface area contributed by atoms with Crippen LogP contribution in [0.1, 0.15) is 23.7 Å². The Hall–Kier alpha value is -1.06. The Labute approximate surface area is 107 Å². The fourth-order valence-electron chi connectivity index (χ4n) is 2.10. The van der Waals surface area contributed by atoms with Gasteiger partial charge in [-0.1, -0.05) is 23.7 Å². The number of hydrogen-bond donors (Lipinski definition) is 1. The van der Waals surface area contributed by atoms with Gasteiger partial charge in [0.2, 0.25) is 0 Å². The highest BCUT2D eigenvalue weighted by molar-refractivity contribution is 6.33. The molecular weight excluding hydrogens is 236 g/mol. The standard InChI is InChI=1S/C13H17ClN2O/c1-10-6-7-15-8-9-16(10)13(17)11-4-2-3-5-12(11)14/h2-5,10,15H,6-9H2,1H3. The Morgan fingerprint density at radius 1 is 1.41 bits per heavy atom. The number of halogens is 1. The van der Waals surface area contributed by atoms with Crippen LogP contribution in [-0.4, -0.2) is 36.5 Å². The first kappa shape index (κ1) is 12.4. The first-order valence-corrected chi connectivity index (χ1v) is 6.34. The van der Waals surface area contributed by atoms with Crippen molar-refractivity contribution < 1.29 is 4.79 Å². The Balaban J connectivity index is 2.21. The van der Waals surface area contributed by atoms with Crippen molar-refractivity contribution in [2.45, 2.75) is 19.4 Å². The first-order chi connectivity index (χ1) is 8.20. The average Bonchev–Trinajstić information content (AvgIpc) is 2.54. The van der Waals surface area contributed by atoms with Crippen LogP contribution in [0, 0.1) is 0 Å². The van der Waals surface area contributed by atoms with E-state index < -0.39 is 0 Å². The molecule has 0 bridgehead atoms. The number of carbonyl (C=O) groups is 1. The van der Waals surface area contributed by atoms with Gasteiger partial charge in [-0.3, -0.25) is 4.79 Å². The summed E-state index contributed by atoms with van der Waals surface area (Å²) >= 11 is 6.06. The predicted octanol–water partition coefficient (Wildman–Crippen LogP) is 2.16. The number of amides is 1. The van der Waals surface area contributed by atoms with Gasteiger partial charge in [-0.2, -0.15) is 0 Å². The molecule has 0 aromatic heterocycles. The van der Waals surface area contributed by atoms with E-state index in [1.807, 2.05) is 17.0 Å². The maximum atomic E-state index is 12.4. The van der Waals surface area contributed by atoms with E-state index in [0.29, 0.717) is 10.6 Å². The number of nitrogens with one attached hydrogen (secondary N) is 1. The van der Waals surface area contributed by atoms with Crippen molar-refractivity contribution in [3.05, 3.63) is 34.9 Å². The van der Waals surface area contributed by atoms with Gasteiger partial charge in [0.15, 0.2) is 0 Å². The quantitative estimate of drug-likeness (QED) is 0.831. The lowest BCUT2D eigenvalue weighted by molar-refractivity contribution is 0.0705. The summed E-state index contributed by atoms with van der Waals surface area (Å²) in [6.45, 7) is 4.64. The molecule has 0 aliphatic carbocycles. The lowest BCUT2D eigenvalue weighted by Gasteiger charge is -2.27. The predicted molar refractivity (Wildman–Crippen MR) is 69.4 cm³/mol. The minimum atomic E-state index is 0.0341. The molecule has 0 radical (unpaired) electrons. The van der Waals surface area contributed by atoms with E-state index in [1.54, 1.807) is 12.1 Å².